The number of allylic oxidation sites excluding steroid dienone is 1. The van der Waals surface area contributed by atoms with Gasteiger partial charge in [0.15, 0.2) is 10.9 Å². The second kappa shape index (κ2) is 7.63. The number of amides is 3. The Balaban J connectivity index is 2.18. The summed E-state index contributed by atoms with van der Waals surface area (Å²) < 4.78 is 7.13. The fraction of sp³-hybridized carbons (Fsp3) is 0.286. The van der Waals surface area contributed by atoms with Crippen LogP contribution in [0.25, 0.3) is 11.6 Å². The quantitative estimate of drug-likeness (QED) is 0.615. The zero-order valence-electron chi connectivity index (χ0n) is 12.8. The third-order valence-corrected chi connectivity index (χ3v) is 3.97. The van der Waals surface area contributed by atoms with Gasteiger partial charge < -0.3 is 9.73 Å². The van der Waals surface area contributed by atoms with E-state index in [2.05, 4.69) is 27.4 Å². The second-order valence-electron chi connectivity index (χ2n) is 4.51. The van der Waals surface area contributed by atoms with Crippen LogP contribution in [-0.4, -0.2) is 39.0 Å². The molecular weight excluding hydrogens is 318 g/mol. The molecule has 122 valence electrons. The zero-order valence-corrected chi connectivity index (χ0v) is 13.6. The highest BCUT2D eigenvalue weighted by molar-refractivity contribution is 8.00. The fourth-order valence-corrected chi connectivity index (χ4v) is 2.60. The van der Waals surface area contributed by atoms with Crippen LogP contribution in [0.2, 0.25) is 0 Å². The van der Waals surface area contributed by atoms with Crippen molar-refractivity contribution in [3.63, 3.8) is 0 Å². The summed E-state index contributed by atoms with van der Waals surface area (Å²) in [5.41, 5.74) is 0. The standard InChI is InChI=1S/C14H17N5O3S/c1-4-7-19-11(10-6-5-8-22-10)17-18-14(19)23-9(2)12(20)16-13(21)15-3/h4-6,8-9H,1,7H2,2-3H3,(H2,15,16,20,21). The van der Waals surface area contributed by atoms with E-state index in [9.17, 15) is 9.59 Å². The smallest absolute Gasteiger partial charge is 0.321 e. The molecule has 2 aromatic heterocycles. The molecular formula is C14H17N5O3S. The molecule has 0 aromatic carbocycles. The Labute approximate surface area is 137 Å². The van der Waals surface area contributed by atoms with Crippen LogP contribution in [0, 0.1) is 0 Å². The van der Waals surface area contributed by atoms with Crippen LogP contribution in [0.4, 0.5) is 4.79 Å². The fourth-order valence-electron chi connectivity index (χ4n) is 1.75. The molecule has 2 aromatic rings. The van der Waals surface area contributed by atoms with Crippen LogP contribution >= 0.6 is 11.8 Å². The molecule has 0 saturated carbocycles. The van der Waals surface area contributed by atoms with Gasteiger partial charge >= 0.3 is 6.03 Å². The van der Waals surface area contributed by atoms with Crippen molar-refractivity contribution in [3.05, 3.63) is 31.1 Å². The first-order valence-electron chi connectivity index (χ1n) is 6.84. The molecule has 2 N–H and O–H groups in total. The molecule has 0 bridgehead atoms. The van der Waals surface area contributed by atoms with Crippen LogP contribution in [0.5, 0.6) is 0 Å². The number of hydrogen-bond acceptors (Lipinski definition) is 6. The average molecular weight is 335 g/mol. The van der Waals surface area contributed by atoms with Gasteiger partial charge in [-0.15, -0.1) is 16.8 Å². The molecule has 2 rings (SSSR count). The Morgan fingerprint density at radius 1 is 1.52 bits per heavy atom. The monoisotopic (exact) mass is 335 g/mol. The van der Waals surface area contributed by atoms with Crippen LogP contribution in [0.3, 0.4) is 0 Å². The third kappa shape index (κ3) is 4.01. The lowest BCUT2D eigenvalue weighted by molar-refractivity contribution is -0.119. The maximum atomic E-state index is 11.9. The molecule has 1 unspecified atom stereocenters. The molecule has 3 amide bonds. The van der Waals surface area contributed by atoms with Crippen molar-refractivity contribution in [1.82, 2.24) is 25.4 Å². The van der Waals surface area contributed by atoms with Gasteiger partial charge in [0.25, 0.3) is 0 Å². The largest absolute Gasteiger partial charge is 0.461 e. The van der Waals surface area contributed by atoms with Gasteiger partial charge in [0.2, 0.25) is 11.7 Å². The number of imide groups is 1. The van der Waals surface area contributed by atoms with Crippen LogP contribution < -0.4 is 10.6 Å². The van der Waals surface area contributed by atoms with E-state index >= 15 is 0 Å². The van der Waals surface area contributed by atoms with Crippen LogP contribution in [0.15, 0.2) is 40.6 Å². The van der Waals surface area contributed by atoms with Crippen molar-refractivity contribution < 1.29 is 14.0 Å². The summed E-state index contributed by atoms with van der Waals surface area (Å²) in [6.45, 7) is 5.87. The molecule has 2 heterocycles. The summed E-state index contributed by atoms with van der Waals surface area (Å²) in [6, 6.07) is 2.99. The van der Waals surface area contributed by atoms with E-state index in [-0.39, 0.29) is 0 Å². The summed E-state index contributed by atoms with van der Waals surface area (Å²) in [6.07, 6.45) is 3.25. The summed E-state index contributed by atoms with van der Waals surface area (Å²) in [5, 5.41) is 12.8. The van der Waals surface area contributed by atoms with Gasteiger partial charge in [0, 0.05) is 13.6 Å². The first-order chi connectivity index (χ1) is 11.1. The van der Waals surface area contributed by atoms with E-state index in [0.717, 1.165) is 0 Å². The molecule has 23 heavy (non-hydrogen) atoms. The number of nitrogens with zero attached hydrogens (tertiary/aromatic N) is 3. The minimum atomic E-state index is -0.550. The number of furan rings is 1. The molecule has 0 saturated heterocycles. The molecule has 0 radical (unpaired) electrons. The number of nitrogens with one attached hydrogen (secondary N) is 2. The number of carbonyl (C=O) groups is 2. The highest BCUT2D eigenvalue weighted by Gasteiger charge is 2.22. The minimum Gasteiger partial charge on any atom is -0.461 e. The molecule has 0 aliphatic carbocycles. The number of thioether (sulfide) groups is 1. The van der Waals surface area contributed by atoms with Gasteiger partial charge in [-0.25, -0.2) is 4.79 Å². The SMILES string of the molecule is C=CCn1c(SC(C)C(=O)NC(=O)NC)nnc1-c1ccco1. The van der Waals surface area contributed by atoms with E-state index in [1.54, 1.807) is 36.0 Å². The summed E-state index contributed by atoms with van der Waals surface area (Å²) in [7, 11) is 1.44. The predicted molar refractivity (Wildman–Crippen MR) is 85.8 cm³/mol. The molecule has 0 spiro atoms. The van der Waals surface area contributed by atoms with E-state index in [1.807, 2.05) is 0 Å². The first kappa shape index (κ1) is 16.8. The minimum absolute atomic E-state index is 0.415. The molecule has 0 aliphatic rings. The molecule has 8 nitrogen and oxygen atoms in total. The summed E-state index contributed by atoms with van der Waals surface area (Å²) in [5.74, 6) is 0.715. The molecule has 1 atom stereocenters. The Morgan fingerprint density at radius 3 is 2.91 bits per heavy atom. The van der Waals surface area contributed by atoms with Gasteiger partial charge in [0.1, 0.15) is 0 Å². The van der Waals surface area contributed by atoms with E-state index in [0.29, 0.717) is 23.3 Å². The maximum Gasteiger partial charge on any atom is 0.321 e. The van der Waals surface area contributed by atoms with E-state index in [1.165, 1.54) is 18.8 Å². The molecule has 9 heteroatoms. The third-order valence-electron chi connectivity index (χ3n) is 2.89. The Morgan fingerprint density at radius 2 is 2.30 bits per heavy atom. The second-order valence-corrected chi connectivity index (χ2v) is 5.82. The maximum absolute atomic E-state index is 11.9. The van der Waals surface area contributed by atoms with Crippen molar-refractivity contribution >= 4 is 23.7 Å². The molecule has 0 aliphatic heterocycles. The number of urea groups is 1. The van der Waals surface area contributed by atoms with Gasteiger partial charge in [-0.3, -0.25) is 14.7 Å². The highest BCUT2D eigenvalue weighted by atomic mass is 32.2. The highest BCUT2D eigenvalue weighted by Crippen LogP contribution is 2.27. The van der Waals surface area contributed by atoms with Crippen LogP contribution in [-0.2, 0) is 11.3 Å². The Bertz CT molecular complexity index is 695. The number of aromatic nitrogens is 3. The lowest BCUT2D eigenvalue weighted by Gasteiger charge is -2.11. The van der Waals surface area contributed by atoms with E-state index in [4.69, 9.17) is 4.42 Å². The lowest BCUT2D eigenvalue weighted by atomic mass is 10.4. The summed E-state index contributed by atoms with van der Waals surface area (Å²) >= 11 is 1.20. The van der Waals surface area contributed by atoms with Crippen molar-refractivity contribution in [2.75, 3.05) is 7.05 Å². The van der Waals surface area contributed by atoms with Gasteiger partial charge in [0.05, 0.1) is 11.5 Å². The number of rotatable bonds is 6. The number of carbonyl (C=O) groups excluding carboxylic acids is 2. The molecule has 0 fully saturated rings. The Hall–Kier alpha value is -2.55. The average Bonchev–Trinajstić information content (AvgIpc) is 3.18. The van der Waals surface area contributed by atoms with Crippen molar-refractivity contribution in [1.29, 1.82) is 0 Å². The zero-order chi connectivity index (χ0) is 16.8. The van der Waals surface area contributed by atoms with Gasteiger partial charge in [-0.05, 0) is 19.1 Å². The van der Waals surface area contributed by atoms with Crippen molar-refractivity contribution in [2.45, 2.75) is 23.9 Å². The van der Waals surface area contributed by atoms with E-state index < -0.39 is 17.2 Å². The first-order valence-corrected chi connectivity index (χ1v) is 7.72. The normalized spacial score (nSPS) is 11.7. The summed E-state index contributed by atoms with van der Waals surface area (Å²) in [4.78, 5) is 23.1. The number of hydrogen-bond donors (Lipinski definition) is 2. The Kier molecular flexibility index (Phi) is 5.58. The van der Waals surface area contributed by atoms with Crippen LogP contribution in [0.1, 0.15) is 6.92 Å². The lowest BCUT2D eigenvalue weighted by Crippen LogP contribution is -2.41. The predicted octanol–water partition coefficient (Wildman–Crippen LogP) is 1.66. The van der Waals surface area contributed by atoms with Gasteiger partial charge in [-0.1, -0.05) is 17.8 Å². The van der Waals surface area contributed by atoms with Crippen molar-refractivity contribution in [3.8, 4) is 11.6 Å². The van der Waals surface area contributed by atoms with Crippen molar-refractivity contribution in [2.24, 2.45) is 0 Å². The topological polar surface area (TPSA) is 102 Å². The van der Waals surface area contributed by atoms with Gasteiger partial charge in [-0.2, -0.15) is 0 Å².